The van der Waals surface area contributed by atoms with E-state index in [0.717, 1.165) is 5.56 Å². The van der Waals surface area contributed by atoms with Crippen molar-refractivity contribution < 1.29 is 19.0 Å². The van der Waals surface area contributed by atoms with Crippen LogP contribution in [0.15, 0.2) is 36.4 Å². The van der Waals surface area contributed by atoms with Crippen molar-refractivity contribution in [2.45, 2.75) is 20.0 Å². The Hall–Kier alpha value is -2.40. The highest BCUT2D eigenvalue weighted by molar-refractivity contribution is 6.30. The van der Waals surface area contributed by atoms with Crippen molar-refractivity contribution in [1.82, 2.24) is 0 Å². The first-order chi connectivity index (χ1) is 11.4. The number of anilines is 1. The molecule has 0 heterocycles. The minimum Gasteiger partial charge on any atom is -0.493 e. The largest absolute Gasteiger partial charge is 0.493 e. The van der Waals surface area contributed by atoms with Gasteiger partial charge in [-0.2, -0.15) is 0 Å². The van der Waals surface area contributed by atoms with Crippen LogP contribution >= 0.6 is 11.6 Å². The van der Waals surface area contributed by atoms with Gasteiger partial charge in [0.15, 0.2) is 17.6 Å². The molecule has 0 aliphatic heterocycles. The number of ether oxygens (including phenoxy) is 3. The van der Waals surface area contributed by atoms with Crippen LogP contribution in [-0.2, 0) is 4.79 Å². The minimum atomic E-state index is -0.684. The average Bonchev–Trinajstić information content (AvgIpc) is 2.56. The molecule has 5 nitrogen and oxygen atoms in total. The van der Waals surface area contributed by atoms with Gasteiger partial charge < -0.3 is 19.5 Å². The number of hydrogen-bond acceptors (Lipinski definition) is 4. The first-order valence-electron chi connectivity index (χ1n) is 7.40. The third kappa shape index (κ3) is 4.32. The quantitative estimate of drug-likeness (QED) is 0.854. The molecule has 1 N–H and O–H groups in total. The monoisotopic (exact) mass is 349 g/mol. The van der Waals surface area contributed by atoms with Gasteiger partial charge in [-0.15, -0.1) is 0 Å². The third-order valence-electron chi connectivity index (χ3n) is 3.47. The van der Waals surface area contributed by atoms with Crippen LogP contribution in [0.3, 0.4) is 0 Å². The van der Waals surface area contributed by atoms with Gasteiger partial charge in [0.25, 0.3) is 5.91 Å². The van der Waals surface area contributed by atoms with E-state index in [-0.39, 0.29) is 5.91 Å². The maximum atomic E-state index is 12.4. The van der Waals surface area contributed by atoms with E-state index in [1.807, 2.05) is 6.92 Å². The SMILES string of the molecule is COc1cc(C)c(NC(=O)C(C)Oc2cccc(Cl)c2)cc1OC. The lowest BCUT2D eigenvalue weighted by Gasteiger charge is -2.17. The first kappa shape index (κ1) is 17.9. The molecule has 1 unspecified atom stereocenters. The number of hydrogen-bond donors (Lipinski definition) is 1. The van der Waals surface area contributed by atoms with Crippen molar-refractivity contribution in [3.63, 3.8) is 0 Å². The van der Waals surface area contributed by atoms with E-state index in [9.17, 15) is 4.79 Å². The molecular formula is C18H20ClNO4. The molecule has 2 aromatic rings. The molecule has 0 aromatic heterocycles. The zero-order valence-corrected chi connectivity index (χ0v) is 14.8. The molecule has 1 amide bonds. The first-order valence-corrected chi connectivity index (χ1v) is 7.78. The number of rotatable bonds is 6. The van der Waals surface area contributed by atoms with Gasteiger partial charge in [0.2, 0.25) is 0 Å². The second-order valence-corrected chi connectivity index (χ2v) is 5.67. The summed E-state index contributed by atoms with van der Waals surface area (Å²) >= 11 is 5.91. The molecule has 0 aliphatic rings. The van der Waals surface area contributed by atoms with Crippen LogP contribution in [0, 0.1) is 6.92 Å². The van der Waals surface area contributed by atoms with Gasteiger partial charge in [-0.25, -0.2) is 0 Å². The summed E-state index contributed by atoms with van der Waals surface area (Å²) in [5.74, 6) is 1.41. The number of benzene rings is 2. The summed E-state index contributed by atoms with van der Waals surface area (Å²) in [6.07, 6.45) is -0.684. The zero-order valence-electron chi connectivity index (χ0n) is 14.1. The highest BCUT2D eigenvalue weighted by Gasteiger charge is 2.17. The Bertz CT molecular complexity index is 733. The lowest BCUT2D eigenvalue weighted by molar-refractivity contribution is -0.122. The van der Waals surface area contributed by atoms with Gasteiger partial charge in [-0.1, -0.05) is 17.7 Å². The van der Waals surface area contributed by atoms with Crippen LogP contribution in [0.25, 0.3) is 0 Å². The van der Waals surface area contributed by atoms with Crippen LogP contribution in [0.4, 0.5) is 5.69 Å². The molecule has 2 aromatic carbocycles. The molecule has 2 rings (SSSR count). The van der Waals surface area contributed by atoms with E-state index >= 15 is 0 Å². The van der Waals surface area contributed by atoms with E-state index in [0.29, 0.717) is 28.0 Å². The number of aryl methyl sites for hydroxylation is 1. The van der Waals surface area contributed by atoms with Crippen LogP contribution in [0.2, 0.25) is 5.02 Å². The zero-order chi connectivity index (χ0) is 17.7. The third-order valence-corrected chi connectivity index (χ3v) is 3.70. The molecule has 128 valence electrons. The summed E-state index contributed by atoms with van der Waals surface area (Å²) < 4.78 is 16.1. The van der Waals surface area contributed by atoms with Crippen molar-refractivity contribution in [3.8, 4) is 17.2 Å². The van der Waals surface area contributed by atoms with Gasteiger partial charge in [0.05, 0.1) is 14.2 Å². The molecule has 0 radical (unpaired) electrons. The topological polar surface area (TPSA) is 56.8 Å². The smallest absolute Gasteiger partial charge is 0.265 e. The van der Waals surface area contributed by atoms with Crippen molar-refractivity contribution in [2.24, 2.45) is 0 Å². The summed E-state index contributed by atoms with van der Waals surface area (Å²) in [5.41, 5.74) is 1.50. The average molecular weight is 350 g/mol. The van der Waals surface area contributed by atoms with Crippen LogP contribution in [-0.4, -0.2) is 26.2 Å². The van der Waals surface area contributed by atoms with Crippen molar-refractivity contribution in [2.75, 3.05) is 19.5 Å². The molecule has 0 saturated carbocycles. The van der Waals surface area contributed by atoms with E-state index in [2.05, 4.69) is 5.32 Å². The fourth-order valence-corrected chi connectivity index (χ4v) is 2.33. The lowest BCUT2D eigenvalue weighted by Crippen LogP contribution is -2.30. The summed E-state index contributed by atoms with van der Waals surface area (Å²) in [6, 6.07) is 10.4. The van der Waals surface area contributed by atoms with Crippen molar-refractivity contribution in [3.05, 3.63) is 47.0 Å². The lowest BCUT2D eigenvalue weighted by atomic mass is 10.1. The van der Waals surface area contributed by atoms with E-state index in [4.69, 9.17) is 25.8 Å². The maximum Gasteiger partial charge on any atom is 0.265 e. The number of carbonyl (C=O) groups is 1. The van der Waals surface area contributed by atoms with E-state index in [1.54, 1.807) is 57.5 Å². The fourth-order valence-electron chi connectivity index (χ4n) is 2.15. The van der Waals surface area contributed by atoms with Gasteiger partial charge in [-0.05, 0) is 43.7 Å². The van der Waals surface area contributed by atoms with Gasteiger partial charge in [0, 0.05) is 16.8 Å². The Morgan fingerprint density at radius 1 is 1.12 bits per heavy atom. The molecule has 1 atom stereocenters. The van der Waals surface area contributed by atoms with Crippen molar-refractivity contribution >= 4 is 23.2 Å². The van der Waals surface area contributed by atoms with E-state index < -0.39 is 6.10 Å². The summed E-state index contributed by atoms with van der Waals surface area (Å²) in [4.78, 5) is 12.4. The Morgan fingerprint density at radius 3 is 2.42 bits per heavy atom. The van der Waals surface area contributed by atoms with Crippen LogP contribution in [0.1, 0.15) is 12.5 Å². The number of methoxy groups -OCH3 is 2. The predicted molar refractivity (Wildman–Crippen MR) is 94.5 cm³/mol. The minimum absolute atomic E-state index is 0.273. The Labute approximate surface area is 146 Å². The number of nitrogens with one attached hydrogen (secondary N) is 1. The fraction of sp³-hybridized carbons (Fsp3) is 0.278. The molecule has 0 spiro atoms. The second-order valence-electron chi connectivity index (χ2n) is 5.23. The standard InChI is InChI=1S/C18H20ClNO4/c1-11-8-16(22-3)17(23-4)10-15(11)20-18(21)12(2)24-14-7-5-6-13(19)9-14/h5-10,12H,1-4H3,(H,20,21). The number of amides is 1. The highest BCUT2D eigenvalue weighted by atomic mass is 35.5. The Morgan fingerprint density at radius 2 is 1.79 bits per heavy atom. The molecule has 0 bridgehead atoms. The molecule has 24 heavy (non-hydrogen) atoms. The number of carbonyl (C=O) groups excluding carboxylic acids is 1. The maximum absolute atomic E-state index is 12.4. The van der Waals surface area contributed by atoms with Crippen molar-refractivity contribution in [1.29, 1.82) is 0 Å². The molecule has 0 saturated heterocycles. The van der Waals surface area contributed by atoms with Crippen LogP contribution in [0.5, 0.6) is 17.2 Å². The normalized spacial score (nSPS) is 11.5. The molecule has 6 heteroatoms. The number of halogens is 1. The van der Waals surface area contributed by atoms with Gasteiger partial charge >= 0.3 is 0 Å². The Kier molecular flexibility index (Phi) is 5.93. The molecular weight excluding hydrogens is 330 g/mol. The highest BCUT2D eigenvalue weighted by Crippen LogP contribution is 2.33. The van der Waals surface area contributed by atoms with Crippen LogP contribution < -0.4 is 19.5 Å². The van der Waals surface area contributed by atoms with Gasteiger partial charge in [0.1, 0.15) is 5.75 Å². The second kappa shape index (κ2) is 7.93. The molecule has 0 fully saturated rings. The summed E-state index contributed by atoms with van der Waals surface area (Å²) in [7, 11) is 3.11. The Balaban J connectivity index is 2.11. The molecule has 0 aliphatic carbocycles. The summed E-state index contributed by atoms with van der Waals surface area (Å²) in [5, 5.41) is 3.39. The summed E-state index contributed by atoms with van der Waals surface area (Å²) in [6.45, 7) is 3.55. The van der Waals surface area contributed by atoms with Gasteiger partial charge in [-0.3, -0.25) is 4.79 Å². The predicted octanol–water partition coefficient (Wildman–Crippen LogP) is 4.07. The van der Waals surface area contributed by atoms with E-state index in [1.165, 1.54) is 0 Å².